The van der Waals surface area contributed by atoms with Crippen molar-refractivity contribution in [1.82, 2.24) is 4.31 Å². The van der Waals surface area contributed by atoms with Crippen LogP contribution in [0.3, 0.4) is 0 Å². The van der Waals surface area contributed by atoms with Gasteiger partial charge in [0, 0.05) is 33.4 Å². The summed E-state index contributed by atoms with van der Waals surface area (Å²) in [6.45, 7) is 2.46. The monoisotopic (exact) mass is 312 g/mol. The second-order valence-electron chi connectivity index (χ2n) is 5.62. The number of nitrogens with two attached hydrogens (primary N) is 1. The summed E-state index contributed by atoms with van der Waals surface area (Å²) in [5.74, 6) is 0.425. The molecule has 0 amide bonds. The molecule has 0 aromatic heterocycles. The molecule has 6 heteroatoms. The fraction of sp³-hybridized carbons (Fsp3) is 0.600. The summed E-state index contributed by atoms with van der Waals surface area (Å²) < 4.78 is 31.7. The van der Waals surface area contributed by atoms with Crippen LogP contribution in [0.5, 0.6) is 0 Å². The van der Waals surface area contributed by atoms with E-state index < -0.39 is 10.0 Å². The molecule has 0 unspecified atom stereocenters. The molecule has 1 aliphatic heterocycles. The Bertz CT molecular complexity index is 554. The maximum Gasteiger partial charge on any atom is 0.218 e. The molecule has 1 aliphatic rings. The summed E-state index contributed by atoms with van der Waals surface area (Å²) in [5, 5.41) is 0. The molecule has 0 spiro atoms. The number of hydrogen-bond donors (Lipinski definition) is 1. The van der Waals surface area contributed by atoms with E-state index in [-0.39, 0.29) is 5.75 Å². The predicted octanol–water partition coefficient (Wildman–Crippen LogP) is 1.33. The Morgan fingerprint density at radius 2 is 1.95 bits per heavy atom. The van der Waals surface area contributed by atoms with Crippen molar-refractivity contribution in [3.8, 4) is 0 Å². The van der Waals surface area contributed by atoms with Gasteiger partial charge in [-0.05, 0) is 29.9 Å². The summed E-state index contributed by atoms with van der Waals surface area (Å²) in [6, 6.07) is 7.45. The molecule has 0 aliphatic carbocycles. The van der Waals surface area contributed by atoms with Crippen molar-refractivity contribution in [2.75, 3.05) is 26.8 Å². The molecule has 1 heterocycles. The van der Waals surface area contributed by atoms with Gasteiger partial charge >= 0.3 is 0 Å². The van der Waals surface area contributed by atoms with Gasteiger partial charge < -0.3 is 10.5 Å². The Labute approximate surface area is 127 Å². The minimum Gasteiger partial charge on any atom is -0.381 e. The predicted molar refractivity (Wildman–Crippen MR) is 83.1 cm³/mol. The summed E-state index contributed by atoms with van der Waals surface area (Å²) in [4.78, 5) is 0. The minimum absolute atomic E-state index is 0.0283. The van der Waals surface area contributed by atoms with E-state index >= 15 is 0 Å². The lowest BCUT2D eigenvalue weighted by atomic mass is 10.0. The average molecular weight is 312 g/mol. The fourth-order valence-electron chi connectivity index (χ4n) is 2.57. The highest BCUT2D eigenvalue weighted by molar-refractivity contribution is 7.88. The molecular formula is C15H24N2O3S. The third kappa shape index (κ3) is 4.78. The van der Waals surface area contributed by atoms with Gasteiger partial charge in [-0.25, -0.2) is 12.7 Å². The van der Waals surface area contributed by atoms with Crippen LogP contribution >= 0.6 is 0 Å². The van der Waals surface area contributed by atoms with Crippen molar-refractivity contribution < 1.29 is 13.2 Å². The van der Waals surface area contributed by atoms with Crippen molar-refractivity contribution in [3.63, 3.8) is 0 Å². The normalized spacial score (nSPS) is 17.3. The average Bonchev–Trinajstić information content (AvgIpc) is 2.48. The second kappa shape index (κ2) is 7.35. The van der Waals surface area contributed by atoms with Gasteiger partial charge in [-0.2, -0.15) is 0 Å². The van der Waals surface area contributed by atoms with E-state index in [1.54, 1.807) is 7.05 Å². The zero-order chi connectivity index (χ0) is 15.3. The van der Waals surface area contributed by atoms with Crippen molar-refractivity contribution in [2.24, 2.45) is 11.7 Å². The van der Waals surface area contributed by atoms with Crippen LogP contribution in [0.15, 0.2) is 24.3 Å². The second-order valence-corrected chi connectivity index (χ2v) is 7.69. The van der Waals surface area contributed by atoms with E-state index in [4.69, 9.17) is 10.5 Å². The molecule has 0 saturated carbocycles. The molecule has 2 rings (SSSR count). The maximum atomic E-state index is 12.4. The van der Waals surface area contributed by atoms with Gasteiger partial charge in [-0.15, -0.1) is 0 Å². The Hall–Kier alpha value is -0.950. The Morgan fingerprint density at radius 1 is 1.29 bits per heavy atom. The van der Waals surface area contributed by atoms with Crippen LogP contribution in [-0.4, -0.2) is 39.5 Å². The largest absolute Gasteiger partial charge is 0.381 e. The molecule has 0 bridgehead atoms. The van der Waals surface area contributed by atoms with Crippen LogP contribution in [0.1, 0.15) is 24.0 Å². The summed E-state index contributed by atoms with van der Waals surface area (Å²) in [5.41, 5.74) is 7.34. The van der Waals surface area contributed by atoms with Crippen LogP contribution in [-0.2, 0) is 27.1 Å². The van der Waals surface area contributed by atoms with Gasteiger partial charge in [0.05, 0.1) is 5.75 Å². The van der Waals surface area contributed by atoms with Crippen LogP contribution in [0, 0.1) is 5.92 Å². The quantitative estimate of drug-likeness (QED) is 0.860. The summed E-state index contributed by atoms with van der Waals surface area (Å²) >= 11 is 0. The Morgan fingerprint density at radius 3 is 2.62 bits per heavy atom. The maximum absolute atomic E-state index is 12.4. The number of ether oxygens (including phenoxy) is 1. The van der Waals surface area contributed by atoms with E-state index in [2.05, 4.69) is 0 Å². The lowest BCUT2D eigenvalue weighted by Gasteiger charge is -2.26. The topological polar surface area (TPSA) is 72.6 Å². The number of nitrogens with zero attached hydrogens (tertiary/aromatic N) is 1. The third-order valence-electron chi connectivity index (χ3n) is 3.91. The first kappa shape index (κ1) is 16.4. The van der Waals surface area contributed by atoms with Crippen LogP contribution < -0.4 is 5.73 Å². The number of hydrogen-bond acceptors (Lipinski definition) is 4. The summed E-state index contributed by atoms with van der Waals surface area (Å²) in [6.07, 6.45) is 1.87. The van der Waals surface area contributed by atoms with Gasteiger partial charge in [0.1, 0.15) is 0 Å². The molecule has 1 saturated heterocycles. The number of sulfonamides is 1. The van der Waals surface area contributed by atoms with Gasteiger partial charge in [-0.1, -0.05) is 24.3 Å². The first-order valence-corrected chi connectivity index (χ1v) is 8.92. The molecule has 5 nitrogen and oxygen atoms in total. The molecule has 118 valence electrons. The molecule has 1 fully saturated rings. The third-order valence-corrected chi connectivity index (χ3v) is 5.70. The molecule has 1 aromatic carbocycles. The van der Waals surface area contributed by atoms with Crippen LogP contribution in [0.2, 0.25) is 0 Å². The van der Waals surface area contributed by atoms with E-state index in [1.165, 1.54) is 4.31 Å². The Kier molecular flexibility index (Phi) is 5.75. The highest BCUT2D eigenvalue weighted by Gasteiger charge is 2.23. The highest BCUT2D eigenvalue weighted by atomic mass is 32.2. The molecule has 1 aromatic rings. The van der Waals surface area contributed by atoms with Crippen molar-refractivity contribution in [1.29, 1.82) is 0 Å². The van der Waals surface area contributed by atoms with E-state index in [0.29, 0.717) is 19.0 Å². The zero-order valence-corrected chi connectivity index (χ0v) is 13.3. The lowest BCUT2D eigenvalue weighted by Crippen LogP contribution is -2.34. The van der Waals surface area contributed by atoms with E-state index in [0.717, 1.165) is 37.2 Å². The first-order chi connectivity index (χ1) is 10.0. The molecule has 0 radical (unpaired) electrons. The van der Waals surface area contributed by atoms with Crippen molar-refractivity contribution >= 4 is 10.0 Å². The van der Waals surface area contributed by atoms with Crippen LogP contribution in [0.25, 0.3) is 0 Å². The van der Waals surface area contributed by atoms with Gasteiger partial charge in [-0.3, -0.25) is 0 Å². The van der Waals surface area contributed by atoms with Crippen molar-refractivity contribution in [3.05, 3.63) is 35.4 Å². The SMILES string of the molecule is CN(CC1CCOCC1)S(=O)(=O)Cc1cccc(CN)c1. The Balaban J connectivity index is 1.99. The highest BCUT2D eigenvalue weighted by Crippen LogP contribution is 2.18. The molecule has 2 N–H and O–H groups in total. The summed E-state index contributed by atoms with van der Waals surface area (Å²) in [7, 11) is -1.62. The first-order valence-electron chi connectivity index (χ1n) is 7.31. The molecule has 21 heavy (non-hydrogen) atoms. The number of benzene rings is 1. The molecular weight excluding hydrogens is 288 g/mol. The van der Waals surface area contributed by atoms with E-state index in [9.17, 15) is 8.42 Å². The fourth-order valence-corrected chi connectivity index (χ4v) is 3.83. The minimum atomic E-state index is -3.29. The van der Waals surface area contributed by atoms with E-state index in [1.807, 2.05) is 24.3 Å². The van der Waals surface area contributed by atoms with Gasteiger partial charge in [0.15, 0.2) is 0 Å². The van der Waals surface area contributed by atoms with Gasteiger partial charge in [0.25, 0.3) is 0 Å². The van der Waals surface area contributed by atoms with Crippen molar-refractivity contribution in [2.45, 2.75) is 25.1 Å². The smallest absolute Gasteiger partial charge is 0.218 e. The van der Waals surface area contributed by atoms with Crippen LogP contribution in [0.4, 0.5) is 0 Å². The van der Waals surface area contributed by atoms with Gasteiger partial charge in [0.2, 0.25) is 10.0 Å². The standard InChI is InChI=1S/C15H24N2O3S/c1-17(11-13-5-7-20-8-6-13)21(18,19)12-15-4-2-3-14(9-15)10-16/h2-4,9,13H,5-8,10-12,16H2,1H3. The zero-order valence-electron chi connectivity index (χ0n) is 12.5. The lowest BCUT2D eigenvalue weighted by molar-refractivity contribution is 0.0620. The molecule has 0 atom stereocenters. The number of rotatable bonds is 6.